The molecule has 0 aliphatic rings. The molecule has 0 fully saturated rings. The van der Waals surface area contributed by atoms with Gasteiger partial charge in [0.15, 0.2) is 9.76 Å². The molecule has 0 heterocycles. The van der Waals surface area contributed by atoms with Crippen LogP contribution in [0.2, 0.25) is 5.04 Å². The topological polar surface area (TPSA) is 9.23 Å². The first-order valence-electron chi connectivity index (χ1n) is 3.35. The van der Waals surface area contributed by atoms with Crippen molar-refractivity contribution in [1.82, 2.24) is 0 Å². The van der Waals surface area contributed by atoms with Crippen molar-refractivity contribution in [3.05, 3.63) is 0 Å². The minimum Gasteiger partial charge on any atom is -0.415 e. The zero-order valence-electron chi connectivity index (χ0n) is 6.96. The molecule has 0 saturated carbocycles. The van der Waals surface area contributed by atoms with Crippen LogP contribution in [-0.2, 0) is 4.43 Å². The zero-order valence-corrected chi connectivity index (χ0v) is 8.37. The van der Waals surface area contributed by atoms with Crippen LogP contribution in [0.1, 0.15) is 20.8 Å². The quantitative estimate of drug-likeness (QED) is 0.598. The number of halogens is 3. The fraction of sp³-hybridized carbons (Fsp3) is 1.00. The Bertz CT molecular complexity index is 102. The van der Waals surface area contributed by atoms with Gasteiger partial charge in [-0.2, -0.15) is 13.2 Å². The van der Waals surface area contributed by atoms with Crippen LogP contribution in [-0.4, -0.2) is 22.5 Å². The average molecular weight is 186 g/mol. The van der Waals surface area contributed by atoms with Gasteiger partial charge in [-0.3, -0.25) is 0 Å². The van der Waals surface area contributed by atoms with E-state index in [1.54, 1.807) is 0 Å². The Morgan fingerprint density at radius 3 is 1.91 bits per heavy atom. The molecule has 0 atom stereocenters. The molecule has 5 heteroatoms. The van der Waals surface area contributed by atoms with Gasteiger partial charge in [0, 0.05) is 0 Å². The molecule has 0 aliphatic carbocycles. The molecule has 0 amide bonds. The summed E-state index contributed by atoms with van der Waals surface area (Å²) in [6.07, 6.45) is -4.17. The number of alkyl halides is 3. The lowest BCUT2D eigenvalue weighted by atomic mass is 10.3. The van der Waals surface area contributed by atoms with Crippen LogP contribution in [0, 0.1) is 0 Å². The van der Waals surface area contributed by atoms with Crippen molar-refractivity contribution in [1.29, 1.82) is 0 Å². The molecule has 0 spiro atoms. The second kappa shape index (κ2) is 3.58. The second-order valence-electron chi connectivity index (χ2n) is 3.67. The third-order valence-corrected chi connectivity index (χ3v) is 2.08. The maximum Gasteiger partial charge on any atom is 0.410 e. The van der Waals surface area contributed by atoms with Gasteiger partial charge < -0.3 is 4.43 Å². The lowest BCUT2D eigenvalue weighted by Crippen LogP contribution is -2.22. The molecule has 0 bridgehead atoms. The second-order valence-corrected chi connectivity index (χ2v) is 6.49. The molecule has 1 nitrogen and oxygen atoms in total. The summed E-state index contributed by atoms with van der Waals surface area (Å²) in [6, 6.07) is 0. The first kappa shape index (κ1) is 11.0. The monoisotopic (exact) mass is 186 g/mol. The molecule has 0 saturated heterocycles. The fourth-order valence-corrected chi connectivity index (χ4v) is 1.42. The predicted molar refractivity (Wildman–Crippen MR) is 40.3 cm³/mol. The Morgan fingerprint density at radius 1 is 1.18 bits per heavy atom. The molecule has 11 heavy (non-hydrogen) atoms. The Labute approximate surface area is 66.9 Å². The summed E-state index contributed by atoms with van der Waals surface area (Å²) in [7, 11) is -1.05. The molecular weight excluding hydrogens is 173 g/mol. The molecule has 0 rings (SSSR count). The minimum atomic E-state index is -4.17. The summed E-state index contributed by atoms with van der Waals surface area (Å²) in [4.78, 5) is 0. The van der Waals surface area contributed by atoms with Crippen LogP contribution in [0.15, 0.2) is 0 Å². The summed E-state index contributed by atoms with van der Waals surface area (Å²) < 4.78 is 39.2. The maximum atomic E-state index is 11.5. The van der Waals surface area contributed by atoms with Crippen molar-refractivity contribution in [3.63, 3.8) is 0 Å². The van der Waals surface area contributed by atoms with E-state index in [-0.39, 0.29) is 5.04 Å². The minimum absolute atomic E-state index is 0.0642. The Morgan fingerprint density at radius 2 is 1.64 bits per heavy atom. The molecule has 0 aliphatic heterocycles. The summed E-state index contributed by atoms with van der Waals surface area (Å²) >= 11 is 0. The average Bonchev–Trinajstić information content (AvgIpc) is 1.55. The van der Waals surface area contributed by atoms with Gasteiger partial charge >= 0.3 is 6.18 Å². The largest absolute Gasteiger partial charge is 0.415 e. The van der Waals surface area contributed by atoms with Crippen molar-refractivity contribution in [2.75, 3.05) is 6.61 Å². The van der Waals surface area contributed by atoms with Crippen LogP contribution in [0.3, 0.4) is 0 Å². The standard InChI is InChI=1S/C6H13F3OSi/c1-5(2,3)11-10-4-6(7,8)9/h4,11H2,1-3H3. The lowest BCUT2D eigenvalue weighted by molar-refractivity contribution is -0.153. The third-order valence-electron chi connectivity index (χ3n) is 0.801. The van der Waals surface area contributed by atoms with E-state index in [0.29, 0.717) is 0 Å². The summed E-state index contributed by atoms with van der Waals surface area (Å²) in [6.45, 7) is 4.57. The molecular formula is C6H13F3OSi. The van der Waals surface area contributed by atoms with Gasteiger partial charge in [-0.15, -0.1) is 0 Å². The highest BCUT2D eigenvalue weighted by Crippen LogP contribution is 2.22. The predicted octanol–water partition coefficient (Wildman–Crippen LogP) is 1.87. The fourth-order valence-electron chi connectivity index (χ4n) is 0.473. The number of rotatable bonds is 2. The first-order chi connectivity index (χ1) is 4.71. The van der Waals surface area contributed by atoms with Gasteiger partial charge in [-0.05, 0) is 5.04 Å². The van der Waals surface area contributed by atoms with E-state index < -0.39 is 22.5 Å². The molecule has 0 N–H and O–H groups in total. The van der Waals surface area contributed by atoms with Crippen LogP contribution in [0.5, 0.6) is 0 Å². The first-order valence-corrected chi connectivity index (χ1v) is 4.64. The normalized spacial score (nSPS) is 14.7. The van der Waals surface area contributed by atoms with E-state index in [2.05, 4.69) is 4.43 Å². The molecule has 0 unspecified atom stereocenters. The molecule has 0 radical (unpaired) electrons. The van der Waals surface area contributed by atoms with Crippen LogP contribution in [0.4, 0.5) is 13.2 Å². The van der Waals surface area contributed by atoms with Crippen LogP contribution >= 0.6 is 0 Å². The van der Waals surface area contributed by atoms with E-state index in [0.717, 1.165) is 0 Å². The van der Waals surface area contributed by atoms with Crippen molar-refractivity contribution in [2.45, 2.75) is 32.0 Å². The molecule has 0 aromatic rings. The van der Waals surface area contributed by atoms with Gasteiger partial charge in [0.1, 0.15) is 6.61 Å². The van der Waals surface area contributed by atoms with Gasteiger partial charge in [0.05, 0.1) is 0 Å². The van der Waals surface area contributed by atoms with Crippen molar-refractivity contribution in [3.8, 4) is 0 Å². The molecule has 68 valence electrons. The molecule has 0 aromatic heterocycles. The Kier molecular flexibility index (Phi) is 3.57. The van der Waals surface area contributed by atoms with Gasteiger partial charge in [-0.25, -0.2) is 0 Å². The summed E-state index contributed by atoms with van der Waals surface area (Å²) in [5.41, 5.74) is 0. The number of hydrogen-bond acceptors (Lipinski definition) is 1. The highest BCUT2D eigenvalue weighted by atomic mass is 28.2. The summed E-state index contributed by atoms with van der Waals surface area (Å²) in [5, 5.41) is -0.0642. The lowest BCUT2D eigenvalue weighted by Gasteiger charge is -2.17. The number of hydrogen-bond donors (Lipinski definition) is 0. The zero-order chi connectivity index (χ0) is 9.12. The van der Waals surface area contributed by atoms with Gasteiger partial charge in [0.25, 0.3) is 0 Å². The Hall–Kier alpha value is -0.0331. The van der Waals surface area contributed by atoms with Gasteiger partial charge in [0.2, 0.25) is 0 Å². The summed E-state index contributed by atoms with van der Waals surface area (Å²) in [5.74, 6) is 0. The Balaban J connectivity index is 3.44. The van der Waals surface area contributed by atoms with Gasteiger partial charge in [-0.1, -0.05) is 20.8 Å². The van der Waals surface area contributed by atoms with Crippen molar-refractivity contribution < 1.29 is 17.6 Å². The third kappa shape index (κ3) is 9.97. The van der Waals surface area contributed by atoms with Crippen LogP contribution < -0.4 is 0 Å². The SMILES string of the molecule is CC(C)(C)[SiH2]OCC(F)(F)F. The smallest absolute Gasteiger partial charge is 0.410 e. The maximum absolute atomic E-state index is 11.5. The van der Waals surface area contributed by atoms with E-state index in [1.807, 2.05) is 20.8 Å². The van der Waals surface area contributed by atoms with E-state index in [1.165, 1.54) is 0 Å². The van der Waals surface area contributed by atoms with E-state index in [9.17, 15) is 13.2 Å². The molecule has 0 aromatic carbocycles. The van der Waals surface area contributed by atoms with E-state index in [4.69, 9.17) is 0 Å². The van der Waals surface area contributed by atoms with Crippen molar-refractivity contribution >= 4 is 9.76 Å². The van der Waals surface area contributed by atoms with Crippen LogP contribution in [0.25, 0.3) is 0 Å². The van der Waals surface area contributed by atoms with Crippen molar-refractivity contribution in [2.24, 2.45) is 0 Å². The highest BCUT2D eigenvalue weighted by Gasteiger charge is 2.28. The highest BCUT2D eigenvalue weighted by molar-refractivity contribution is 6.31. The van der Waals surface area contributed by atoms with E-state index >= 15 is 0 Å².